The molecule has 2 aromatic rings. The lowest BCUT2D eigenvalue weighted by Crippen LogP contribution is -2.13. The Labute approximate surface area is 112 Å². The zero-order valence-electron chi connectivity index (χ0n) is 9.78. The Bertz CT molecular complexity index is 662. The highest BCUT2D eigenvalue weighted by Crippen LogP contribution is 2.19. The molecule has 0 saturated heterocycles. The van der Waals surface area contributed by atoms with E-state index in [4.69, 9.17) is 0 Å². The maximum absolute atomic E-state index is 11.8. The summed E-state index contributed by atoms with van der Waals surface area (Å²) in [5.74, 6) is -0.437. The highest BCUT2D eigenvalue weighted by Gasteiger charge is 2.17. The first kappa shape index (κ1) is 13.5. The van der Waals surface area contributed by atoms with Crippen LogP contribution in [0.3, 0.4) is 0 Å². The molecule has 2 N–H and O–H groups in total. The molecule has 19 heavy (non-hydrogen) atoms. The number of rotatable bonds is 5. The minimum absolute atomic E-state index is 0.00121. The lowest BCUT2D eigenvalue weighted by molar-refractivity contribution is -0.139. The van der Waals surface area contributed by atoms with Gasteiger partial charge >= 0.3 is 5.97 Å². The van der Waals surface area contributed by atoms with Gasteiger partial charge < -0.3 is 4.74 Å². The number of carbonyl (C=O) groups is 1. The number of carbonyl (C=O) groups excluding carboxylic acids is 1. The van der Waals surface area contributed by atoms with Gasteiger partial charge in [0.2, 0.25) is 0 Å². The van der Waals surface area contributed by atoms with E-state index >= 15 is 0 Å². The SMILES string of the molecule is COC(=O)Cc1csc(NS(=O)(=O)c2ccn[nH]2)n1. The van der Waals surface area contributed by atoms with E-state index < -0.39 is 16.0 Å². The van der Waals surface area contributed by atoms with Crippen molar-refractivity contribution in [1.29, 1.82) is 0 Å². The third kappa shape index (κ3) is 3.29. The molecule has 0 radical (unpaired) electrons. The number of nitrogens with zero attached hydrogens (tertiary/aromatic N) is 2. The highest BCUT2D eigenvalue weighted by molar-refractivity contribution is 7.92. The van der Waals surface area contributed by atoms with E-state index in [2.05, 4.69) is 24.6 Å². The normalized spacial score (nSPS) is 11.2. The lowest BCUT2D eigenvalue weighted by atomic mass is 10.3. The minimum Gasteiger partial charge on any atom is -0.469 e. The molecule has 0 bridgehead atoms. The van der Waals surface area contributed by atoms with Gasteiger partial charge in [0.1, 0.15) is 0 Å². The van der Waals surface area contributed by atoms with Gasteiger partial charge in [-0.3, -0.25) is 14.6 Å². The smallest absolute Gasteiger partial charge is 0.311 e. The van der Waals surface area contributed by atoms with Crippen LogP contribution >= 0.6 is 11.3 Å². The molecule has 10 heteroatoms. The van der Waals surface area contributed by atoms with Gasteiger partial charge in [0, 0.05) is 5.38 Å². The second-order valence-corrected chi connectivity index (χ2v) is 5.93. The van der Waals surface area contributed by atoms with Crippen molar-refractivity contribution in [3.05, 3.63) is 23.3 Å². The lowest BCUT2D eigenvalue weighted by Gasteiger charge is -2.01. The van der Waals surface area contributed by atoms with Crippen molar-refractivity contribution in [1.82, 2.24) is 15.2 Å². The number of thiazole rings is 1. The van der Waals surface area contributed by atoms with Crippen LogP contribution in [-0.4, -0.2) is 36.7 Å². The Morgan fingerprint density at radius 3 is 3.00 bits per heavy atom. The zero-order chi connectivity index (χ0) is 13.9. The summed E-state index contributed by atoms with van der Waals surface area (Å²) in [6.45, 7) is 0. The molecule has 0 aliphatic rings. The van der Waals surface area contributed by atoms with Crippen LogP contribution in [-0.2, 0) is 26.0 Å². The number of methoxy groups -OCH3 is 1. The van der Waals surface area contributed by atoms with Gasteiger partial charge in [-0.2, -0.15) is 13.5 Å². The molecule has 0 atom stereocenters. The van der Waals surface area contributed by atoms with Gasteiger partial charge in [-0.25, -0.2) is 4.98 Å². The summed E-state index contributed by atoms with van der Waals surface area (Å²) in [7, 11) is -2.45. The average molecular weight is 302 g/mol. The van der Waals surface area contributed by atoms with Crippen molar-refractivity contribution in [2.24, 2.45) is 0 Å². The maximum Gasteiger partial charge on any atom is 0.311 e. The Hall–Kier alpha value is -1.94. The Balaban J connectivity index is 2.10. The summed E-state index contributed by atoms with van der Waals surface area (Å²) < 4.78 is 30.5. The fourth-order valence-corrected chi connectivity index (χ4v) is 3.09. The van der Waals surface area contributed by atoms with Crippen LogP contribution in [0.15, 0.2) is 22.7 Å². The first-order valence-electron chi connectivity index (χ1n) is 5.04. The first-order valence-corrected chi connectivity index (χ1v) is 7.41. The number of aromatic nitrogens is 3. The van der Waals surface area contributed by atoms with Gasteiger partial charge in [-0.05, 0) is 6.07 Å². The van der Waals surface area contributed by atoms with Crippen LogP contribution in [0.4, 0.5) is 5.13 Å². The van der Waals surface area contributed by atoms with Crippen LogP contribution in [0.5, 0.6) is 0 Å². The summed E-state index contributed by atoms with van der Waals surface area (Å²) in [6, 6.07) is 1.32. The number of aromatic amines is 1. The molecule has 0 saturated carbocycles. The average Bonchev–Trinajstić information content (AvgIpc) is 3.00. The number of hydrogen-bond donors (Lipinski definition) is 2. The molecule has 2 rings (SSSR count). The number of anilines is 1. The molecule has 0 amide bonds. The van der Waals surface area contributed by atoms with Crippen molar-refractivity contribution in [2.45, 2.75) is 11.4 Å². The quantitative estimate of drug-likeness (QED) is 0.772. The van der Waals surface area contributed by atoms with Gasteiger partial charge in [-0.1, -0.05) is 0 Å². The van der Waals surface area contributed by atoms with Crippen molar-refractivity contribution < 1.29 is 17.9 Å². The summed E-state index contributed by atoms with van der Waals surface area (Å²) in [5.41, 5.74) is 0.444. The summed E-state index contributed by atoms with van der Waals surface area (Å²) in [4.78, 5) is 15.0. The molecule has 0 fully saturated rings. The predicted molar refractivity (Wildman–Crippen MR) is 67.2 cm³/mol. The molecule has 102 valence electrons. The maximum atomic E-state index is 11.8. The van der Waals surface area contributed by atoms with Crippen LogP contribution in [0.1, 0.15) is 5.69 Å². The van der Waals surface area contributed by atoms with Crippen LogP contribution in [0.2, 0.25) is 0 Å². The minimum atomic E-state index is -3.73. The molecule has 8 nitrogen and oxygen atoms in total. The molecule has 0 unspecified atom stereocenters. The molecule has 2 heterocycles. The van der Waals surface area contributed by atoms with Crippen molar-refractivity contribution in [3.8, 4) is 0 Å². The Morgan fingerprint density at radius 2 is 2.37 bits per heavy atom. The van der Waals surface area contributed by atoms with Gasteiger partial charge in [-0.15, -0.1) is 11.3 Å². The number of H-pyrrole nitrogens is 1. The van der Waals surface area contributed by atoms with Crippen molar-refractivity contribution in [2.75, 3.05) is 11.8 Å². The van der Waals surface area contributed by atoms with E-state index in [1.807, 2.05) is 0 Å². The van der Waals surface area contributed by atoms with E-state index in [9.17, 15) is 13.2 Å². The van der Waals surface area contributed by atoms with E-state index in [1.54, 1.807) is 5.38 Å². The van der Waals surface area contributed by atoms with Gasteiger partial charge in [0.15, 0.2) is 10.2 Å². The molecular formula is C9H10N4O4S2. The number of hydrogen-bond acceptors (Lipinski definition) is 7. The monoisotopic (exact) mass is 302 g/mol. The molecule has 0 aliphatic carbocycles. The highest BCUT2D eigenvalue weighted by atomic mass is 32.2. The Kier molecular flexibility index (Phi) is 3.81. The second kappa shape index (κ2) is 5.36. The van der Waals surface area contributed by atoms with E-state index in [0.29, 0.717) is 5.69 Å². The number of nitrogens with one attached hydrogen (secondary N) is 2. The molecular weight excluding hydrogens is 292 g/mol. The van der Waals surface area contributed by atoms with E-state index in [0.717, 1.165) is 11.3 Å². The summed E-state index contributed by atoms with van der Waals surface area (Å²) >= 11 is 1.08. The topological polar surface area (TPSA) is 114 Å². The molecule has 0 aromatic carbocycles. The Morgan fingerprint density at radius 1 is 1.58 bits per heavy atom. The third-order valence-corrected chi connectivity index (χ3v) is 4.30. The number of ether oxygens (including phenoxy) is 1. The van der Waals surface area contributed by atoms with Crippen molar-refractivity contribution >= 4 is 32.5 Å². The van der Waals surface area contributed by atoms with E-state index in [1.165, 1.54) is 19.4 Å². The van der Waals surface area contributed by atoms with Crippen LogP contribution < -0.4 is 4.72 Å². The number of sulfonamides is 1. The number of esters is 1. The van der Waals surface area contributed by atoms with Crippen molar-refractivity contribution in [3.63, 3.8) is 0 Å². The zero-order valence-corrected chi connectivity index (χ0v) is 11.4. The van der Waals surface area contributed by atoms with Gasteiger partial charge in [0.25, 0.3) is 10.0 Å². The standard InChI is InChI=1S/C9H10N4O4S2/c1-17-8(14)4-6-5-18-9(11-6)13-19(15,16)7-2-3-10-12-7/h2-3,5H,4H2,1H3,(H,10,12)(H,11,13). The summed E-state index contributed by atoms with van der Waals surface area (Å²) in [6.07, 6.45) is 1.33. The van der Waals surface area contributed by atoms with E-state index in [-0.39, 0.29) is 16.6 Å². The fraction of sp³-hybridized carbons (Fsp3) is 0.222. The molecule has 0 spiro atoms. The summed E-state index contributed by atoms with van der Waals surface area (Å²) in [5, 5.41) is 7.61. The molecule has 2 aromatic heterocycles. The second-order valence-electron chi connectivity index (χ2n) is 3.42. The first-order chi connectivity index (χ1) is 9.01. The predicted octanol–water partition coefficient (Wildman–Crippen LogP) is 0.382. The van der Waals surface area contributed by atoms with Gasteiger partial charge in [0.05, 0.1) is 25.4 Å². The largest absolute Gasteiger partial charge is 0.469 e. The molecule has 0 aliphatic heterocycles. The van der Waals surface area contributed by atoms with Crippen LogP contribution in [0.25, 0.3) is 0 Å². The fourth-order valence-electron chi connectivity index (χ4n) is 1.22. The van der Waals surface area contributed by atoms with Crippen LogP contribution in [0, 0.1) is 0 Å². The third-order valence-electron chi connectivity index (χ3n) is 2.09.